The molecule has 0 fully saturated rings. The predicted molar refractivity (Wildman–Crippen MR) is 84.1 cm³/mol. The maximum atomic E-state index is 12.2. The van der Waals surface area contributed by atoms with Crippen LogP contribution in [-0.2, 0) is 10.0 Å². The zero-order chi connectivity index (χ0) is 14.8. The van der Waals surface area contributed by atoms with Gasteiger partial charge in [0.25, 0.3) is 10.0 Å². The summed E-state index contributed by atoms with van der Waals surface area (Å²) in [6.45, 7) is 2.01. The Morgan fingerprint density at radius 3 is 2.60 bits per heavy atom. The molecule has 2 rings (SSSR count). The van der Waals surface area contributed by atoms with Crippen molar-refractivity contribution < 1.29 is 8.42 Å². The smallest absolute Gasteiger partial charge is 0.271 e. The normalized spacial score (nSPS) is 13.2. The average molecular weight is 331 g/mol. The van der Waals surface area contributed by atoms with E-state index in [1.807, 2.05) is 32.2 Å². The highest BCUT2D eigenvalue weighted by Gasteiger charge is 2.17. The molecule has 1 heterocycles. The molecule has 4 nitrogen and oxygen atoms in total. The summed E-state index contributed by atoms with van der Waals surface area (Å²) in [5.74, 6) is 0. The van der Waals surface area contributed by atoms with Gasteiger partial charge in [-0.15, -0.1) is 11.3 Å². The van der Waals surface area contributed by atoms with E-state index in [0.29, 0.717) is 10.0 Å². The van der Waals surface area contributed by atoms with Gasteiger partial charge in [-0.2, -0.15) is 0 Å². The fraction of sp³-hybridized carbons (Fsp3) is 0.231. The van der Waals surface area contributed by atoms with E-state index in [0.717, 1.165) is 16.9 Å². The third-order valence-corrected chi connectivity index (χ3v) is 5.99. The van der Waals surface area contributed by atoms with Crippen LogP contribution in [0.2, 0.25) is 4.34 Å². The molecular formula is C13H15ClN2O2S2. The zero-order valence-corrected chi connectivity index (χ0v) is 13.4. The van der Waals surface area contributed by atoms with Gasteiger partial charge < -0.3 is 5.32 Å². The molecule has 0 amide bonds. The van der Waals surface area contributed by atoms with Gasteiger partial charge >= 0.3 is 0 Å². The van der Waals surface area contributed by atoms with Crippen LogP contribution in [0.4, 0.5) is 5.69 Å². The average Bonchev–Trinajstić information content (AvgIpc) is 2.85. The quantitative estimate of drug-likeness (QED) is 0.882. The van der Waals surface area contributed by atoms with Crippen LogP contribution in [0.1, 0.15) is 18.5 Å². The Morgan fingerprint density at radius 1 is 1.25 bits per heavy atom. The van der Waals surface area contributed by atoms with Crippen LogP contribution in [0.15, 0.2) is 40.6 Å². The molecule has 1 aromatic carbocycles. The molecule has 1 unspecified atom stereocenters. The number of halogens is 1. The molecule has 0 spiro atoms. The molecule has 7 heteroatoms. The standard InChI is InChI=1S/C13H15ClN2O2S2/c1-9(15-2)10-4-3-5-11(8-10)16-20(17,18)13-7-6-12(14)19-13/h3-9,15-16H,1-2H3. The monoisotopic (exact) mass is 330 g/mol. The van der Waals surface area contributed by atoms with Crippen LogP contribution in [-0.4, -0.2) is 15.5 Å². The van der Waals surface area contributed by atoms with Crippen molar-refractivity contribution in [3.05, 3.63) is 46.3 Å². The predicted octanol–water partition coefficient (Wildman–Crippen LogP) is 3.48. The Morgan fingerprint density at radius 2 is 2.00 bits per heavy atom. The highest BCUT2D eigenvalue weighted by molar-refractivity contribution is 7.94. The van der Waals surface area contributed by atoms with Crippen molar-refractivity contribution in [2.45, 2.75) is 17.2 Å². The minimum absolute atomic E-state index is 0.149. The Kier molecular flexibility index (Phi) is 4.70. The number of rotatable bonds is 5. The van der Waals surface area contributed by atoms with Gasteiger partial charge in [-0.1, -0.05) is 23.7 Å². The van der Waals surface area contributed by atoms with Crippen LogP contribution in [0, 0.1) is 0 Å². The van der Waals surface area contributed by atoms with Gasteiger partial charge in [-0.05, 0) is 43.8 Å². The number of sulfonamides is 1. The molecule has 20 heavy (non-hydrogen) atoms. The molecule has 108 valence electrons. The van der Waals surface area contributed by atoms with E-state index >= 15 is 0 Å². The highest BCUT2D eigenvalue weighted by Crippen LogP contribution is 2.27. The molecule has 2 N–H and O–H groups in total. The van der Waals surface area contributed by atoms with Gasteiger partial charge in [0.1, 0.15) is 4.21 Å². The summed E-state index contributed by atoms with van der Waals surface area (Å²) >= 11 is 6.80. The Hall–Kier alpha value is -1.08. The van der Waals surface area contributed by atoms with E-state index in [1.165, 1.54) is 6.07 Å². The lowest BCUT2D eigenvalue weighted by Crippen LogP contribution is -2.14. The van der Waals surface area contributed by atoms with Crippen molar-refractivity contribution in [2.75, 3.05) is 11.8 Å². The van der Waals surface area contributed by atoms with Gasteiger partial charge in [-0.3, -0.25) is 4.72 Å². The van der Waals surface area contributed by atoms with E-state index in [9.17, 15) is 8.42 Å². The Balaban J connectivity index is 2.26. The van der Waals surface area contributed by atoms with Crippen LogP contribution >= 0.6 is 22.9 Å². The second-order valence-electron chi connectivity index (χ2n) is 4.30. The molecule has 0 bridgehead atoms. The number of nitrogens with one attached hydrogen (secondary N) is 2. The number of hydrogen-bond donors (Lipinski definition) is 2. The third kappa shape index (κ3) is 3.52. The van der Waals surface area contributed by atoms with Gasteiger partial charge in [0.15, 0.2) is 0 Å². The number of hydrogen-bond acceptors (Lipinski definition) is 4. The molecule has 0 aliphatic rings. The summed E-state index contributed by atoms with van der Waals surface area (Å²) in [6.07, 6.45) is 0. The summed E-state index contributed by atoms with van der Waals surface area (Å²) in [4.78, 5) is 0. The zero-order valence-electron chi connectivity index (χ0n) is 11.1. The van der Waals surface area contributed by atoms with E-state index in [2.05, 4.69) is 10.0 Å². The maximum absolute atomic E-state index is 12.2. The Labute approximate surface area is 127 Å². The third-order valence-electron chi connectivity index (χ3n) is 2.89. The molecule has 0 saturated carbocycles. The molecular weight excluding hydrogens is 316 g/mol. The van der Waals surface area contributed by atoms with E-state index in [1.54, 1.807) is 12.1 Å². The van der Waals surface area contributed by atoms with E-state index in [-0.39, 0.29) is 10.3 Å². The number of thiophene rings is 1. The maximum Gasteiger partial charge on any atom is 0.271 e. The Bertz CT molecular complexity index is 698. The van der Waals surface area contributed by atoms with Gasteiger partial charge in [-0.25, -0.2) is 8.42 Å². The fourth-order valence-corrected chi connectivity index (χ4v) is 4.22. The highest BCUT2D eigenvalue weighted by atomic mass is 35.5. The number of anilines is 1. The molecule has 0 aliphatic carbocycles. The lowest BCUT2D eigenvalue weighted by molar-refractivity contribution is 0.603. The fourth-order valence-electron chi connectivity index (χ4n) is 1.69. The first-order chi connectivity index (χ1) is 9.42. The largest absolute Gasteiger partial charge is 0.313 e. The van der Waals surface area contributed by atoms with Crippen molar-refractivity contribution in [3.8, 4) is 0 Å². The van der Waals surface area contributed by atoms with Crippen molar-refractivity contribution in [3.63, 3.8) is 0 Å². The first kappa shape index (κ1) is 15.3. The summed E-state index contributed by atoms with van der Waals surface area (Å²) in [5.41, 5.74) is 1.55. The first-order valence-corrected chi connectivity index (χ1v) is 8.65. The van der Waals surface area contributed by atoms with Gasteiger partial charge in [0.05, 0.1) is 4.34 Å². The molecule has 0 aliphatic heterocycles. The van der Waals surface area contributed by atoms with Crippen molar-refractivity contribution in [1.82, 2.24) is 5.32 Å². The minimum Gasteiger partial charge on any atom is -0.313 e. The molecule has 2 aromatic rings. The summed E-state index contributed by atoms with van der Waals surface area (Å²) in [7, 11) is -1.72. The molecule has 0 radical (unpaired) electrons. The summed E-state index contributed by atoms with van der Waals surface area (Å²) in [6, 6.07) is 10.5. The van der Waals surface area contributed by atoms with Crippen LogP contribution in [0.5, 0.6) is 0 Å². The lowest BCUT2D eigenvalue weighted by Gasteiger charge is -2.13. The molecule has 0 saturated heterocycles. The summed E-state index contributed by atoms with van der Waals surface area (Å²) < 4.78 is 27.6. The molecule has 1 aromatic heterocycles. The van der Waals surface area contributed by atoms with Gasteiger partial charge in [0.2, 0.25) is 0 Å². The molecule has 1 atom stereocenters. The first-order valence-electron chi connectivity index (χ1n) is 5.98. The minimum atomic E-state index is -3.58. The van der Waals surface area contributed by atoms with Crippen molar-refractivity contribution in [1.29, 1.82) is 0 Å². The van der Waals surface area contributed by atoms with E-state index in [4.69, 9.17) is 11.6 Å². The lowest BCUT2D eigenvalue weighted by atomic mass is 10.1. The van der Waals surface area contributed by atoms with Crippen LogP contribution in [0.3, 0.4) is 0 Å². The van der Waals surface area contributed by atoms with Crippen molar-refractivity contribution >= 4 is 38.6 Å². The SMILES string of the molecule is CNC(C)c1cccc(NS(=O)(=O)c2ccc(Cl)s2)c1. The number of benzene rings is 1. The second-order valence-corrected chi connectivity index (χ2v) is 7.92. The van der Waals surface area contributed by atoms with Crippen LogP contribution in [0.25, 0.3) is 0 Å². The second kappa shape index (κ2) is 6.13. The van der Waals surface area contributed by atoms with Crippen molar-refractivity contribution in [2.24, 2.45) is 0 Å². The van der Waals surface area contributed by atoms with Crippen LogP contribution < -0.4 is 10.0 Å². The van der Waals surface area contributed by atoms with E-state index < -0.39 is 10.0 Å². The topological polar surface area (TPSA) is 58.2 Å². The summed E-state index contributed by atoms with van der Waals surface area (Å²) in [5, 5.41) is 3.11. The van der Waals surface area contributed by atoms with Gasteiger partial charge in [0, 0.05) is 11.7 Å².